The van der Waals surface area contributed by atoms with Crippen molar-refractivity contribution in [1.82, 2.24) is 9.61 Å². The Morgan fingerprint density at radius 2 is 0.875 bits per heavy atom. The zero-order valence-electron chi connectivity index (χ0n) is 40.0. The Morgan fingerprint density at radius 1 is 0.375 bits per heavy atom. The van der Waals surface area contributed by atoms with Crippen LogP contribution in [0, 0.1) is 0 Å². The van der Waals surface area contributed by atoms with Gasteiger partial charge >= 0.3 is 0 Å². The topological polar surface area (TPSA) is 20.5 Å². The first-order valence-electron chi connectivity index (χ1n) is 25.1. The maximum absolute atomic E-state index is 5.60. The molecule has 3 heteroatoms. The molecule has 0 saturated heterocycles. The summed E-state index contributed by atoms with van der Waals surface area (Å²) in [6.45, 7) is 4.76. The monoisotopic (exact) mass is 917 g/mol. The summed E-state index contributed by atoms with van der Waals surface area (Å²) in [4.78, 5) is 2.55. The molecule has 3 nitrogen and oxygen atoms in total. The fourth-order valence-electron chi connectivity index (χ4n) is 13.1. The molecule has 0 radical (unpaired) electrons. The van der Waals surface area contributed by atoms with Crippen molar-refractivity contribution < 1.29 is 0 Å². The van der Waals surface area contributed by atoms with Crippen LogP contribution in [0.4, 0.5) is 17.1 Å². The molecule has 3 aliphatic carbocycles. The molecule has 15 rings (SSSR count). The van der Waals surface area contributed by atoms with E-state index in [0.29, 0.717) is 0 Å². The van der Waals surface area contributed by atoms with Gasteiger partial charge in [-0.1, -0.05) is 226 Å². The van der Waals surface area contributed by atoms with E-state index < -0.39 is 5.41 Å². The second-order valence-corrected chi connectivity index (χ2v) is 20.2. The van der Waals surface area contributed by atoms with Gasteiger partial charge in [-0.3, -0.25) is 0 Å². The number of hydrogen-bond donors (Lipinski definition) is 0. The van der Waals surface area contributed by atoms with Gasteiger partial charge < -0.3 is 4.90 Å². The Bertz CT molecular complexity index is 4140. The Morgan fingerprint density at radius 3 is 1.54 bits per heavy atom. The molecule has 12 aromatic rings. The highest BCUT2D eigenvalue weighted by molar-refractivity contribution is 6.11. The number of benzene rings is 10. The van der Waals surface area contributed by atoms with E-state index in [0.717, 1.165) is 67.0 Å². The van der Waals surface area contributed by atoms with Crippen LogP contribution in [0.1, 0.15) is 47.2 Å². The van der Waals surface area contributed by atoms with E-state index >= 15 is 0 Å². The van der Waals surface area contributed by atoms with E-state index in [-0.39, 0.29) is 5.41 Å². The molecule has 10 aromatic carbocycles. The van der Waals surface area contributed by atoms with E-state index in [1.807, 2.05) is 0 Å². The Balaban J connectivity index is 1.05. The van der Waals surface area contributed by atoms with Crippen LogP contribution in [0.2, 0.25) is 0 Å². The van der Waals surface area contributed by atoms with Crippen molar-refractivity contribution >= 4 is 33.4 Å². The average molecular weight is 918 g/mol. The van der Waals surface area contributed by atoms with E-state index in [1.54, 1.807) is 0 Å². The highest BCUT2D eigenvalue weighted by Gasteiger charge is 2.52. The van der Waals surface area contributed by atoms with Gasteiger partial charge in [0.2, 0.25) is 0 Å². The summed E-state index contributed by atoms with van der Waals surface area (Å²) < 4.78 is 2.21. The van der Waals surface area contributed by atoms with Crippen LogP contribution in [0.5, 0.6) is 0 Å². The van der Waals surface area contributed by atoms with Crippen molar-refractivity contribution in [3.8, 4) is 67.0 Å². The summed E-state index contributed by atoms with van der Waals surface area (Å²) in [5, 5.41) is 7.88. The molecule has 0 atom stereocenters. The largest absolute Gasteiger partial charge is 0.310 e. The predicted molar refractivity (Wildman–Crippen MR) is 298 cm³/mol. The minimum absolute atomic E-state index is 0.195. The molecular formula is C69H47N3. The van der Waals surface area contributed by atoms with Crippen LogP contribution in [0.25, 0.3) is 83.3 Å². The summed E-state index contributed by atoms with van der Waals surface area (Å²) in [5.41, 5.74) is 25.9. The molecule has 0 bridgehead atoms. The van der Waals surface area contributed by atoms with Crippen molar-refractivity contribution in [2.75, 3.05) is 4.90 Å². The first kappa shape index (κ1) is 40.8. The molecule has 0 unspecified atom stereocenters. The number of hydrogen-bond acceptors (Lipinski definition) is 2. The highest BCUT2D eigenvalue weighted by Crippen LogP contribution is 2.65. The molecule has 0 N–H and O–H groups in total. The van der Waals surface area contributed by atoms with Crippen LogP contribution in [-0.4, -0.2) is 9.61 Å². The molecule has 0 fully saturated rings. The van der Waals surface area contributed by atoms with Gasteiger partial charge in [0.1, 0.15) is 5.69 Å². The lowest BCUT2D eigenvalue weighted by Crippen LogP contribution is -2.26. The molecule has 0 saturated carbocycles. The lowest BCUT2D eigenvalue weighted by molar-refractivity contribution is 0.660. The number of nitrogens with zero attached hydrogens (tertiary/aromatic N) is 3. The molecule has 2 heterocycles. The first-order valence-corrected chi connectivity index (χ1v) is 25.1. The van der Waals surface area contributed by atoms with Gasteiger partial charge in [0.05, 0.1) is 22.3 Å². The van der Waals surface area contributed by atoms with Crippen molar-refractivity contribution in [2.24, 2.45) is 0 Å². The minimum Gasteiger partial charge on any atom is -0.310 e. The van der Waals surface area contributed by atoms with Crippen molar-refractivity contribution in [3.63, 3.8) is 0 Å². The molecule has 1 spiro atoms. The maximum Gasteiger partial charge on any atom is 0.101 e. The Kier molecular flexibility index (Phi) is 8.63. The van der Waals surface area contributed by atoms with Crippen molar-refractivity contribution in [3.05, 3.63) is 282 Å². The molecule has 0 amide bonds. The minimum atomic E-state index is -0.484. The van der Waals surface area contributed by atoms with Crippen molar-refractivity contribution in [2.45, 2.75) is 24.7 Å². The zero-order valence-corrected chi connectivity index (χ0v) is 40.0. The van der Waals surface area contributed by atoms with Gasteiger partial charge in [0.15, 0.2) is 0 Å². The maximum atomic E-state index is 5.60. The predicted octanol–water partition coefficient (Wildman–Crippen LogP) is 17.6. The second kappa shape index (κ2) is 15.2. The fraction of sp³-hybridized carbons (Fsp3) is 0.0580. The van der Waals surface area contributed by atoms with Gasteiger partial charge in [-0.25, -0.2) is 4.52 Å². The van der Waals surface area contributed by atoms with E-state index in [2.05, 4.69) is 272 Å². The number of aromatic nitrogens is 2. The lowest BCUT2D eigenvalue weighted by Gasteiger charge is -2.32. The molecule has 2 aromatic heterocycles. The number of pyridine rings is 1. The van der Waals surface area contributed by atoms with Crippen LogP contribution in [0.3, 0.4) is 0 Å². The third kappa shape index (κ3) is 5.53. The average Bonchev–Trinajstić information content (AvgIpc) is 4.15. The van der Waals surface area contributed by atoms with Gasteiger partial charge in [-0.05, 0) is 109 Å². The molecule has 3 aliphatic rings. The fourth-order valence-corrected chi connectivity index (χ4v) is 13.1. The third-order valence-electron chi connectivity index (χ3n) is 16.2. The van der Waals surface area contributed by atoms with E-state index in [9.17, 15) is 0 Å². The smallest absolute Gasteiger partial charge is 0.101 e. The second-order valence-electron chi connectivity index (χ2n) is 20.2. The normalized spacial score (nSPS) is 13.9. The lowest BCUT2D eigenvalue weighted by atomic mass is 9.70. The van der Waals surface area contributed by atoms with Crippen LogP contribution < -0.4 is 4.90 Å². The molecular weight excluding hydrogens is 871 g/mol. The number of fused-ring (bicyclic) bond motifs is 16. The third-order valence-corrected chi connectivity index (χ3v) is 16.2. The van der Waals surface area contributed by atoms with E-state index in [4.69, 9.17) is 5.10 Å². The van der Waals surface area contributed by atoms with Gasteiger partial charge in [0, 0.05) is 44.4 Å². The quantitative estimate of drug-likeness (QED) is 0.166. The zero-order chi connectivity index (χ0) is 47.7. The summed E-state index contributed by atoms with van der Waals surface area (Å²) in [5.74, 6) is 0. The van der Waals surface area contributed by atoms with Crippen LogP contribution >= 0.6 is 0 Å². The summed E-state index contributed by atoms with van der Waals surface area (Å²) >= 11 is 0. The SMILES string of the molecule is CC1(C)c2ccccc2-c2ccc(N(c3ccc4cc(-c5ccccc5)n5nc(-c6ccccc6)c(-c6ccccc6)c5c4c3)c3cccc4c3-c3ccccc3C43c4ccccc4-c4ccccc43)cc21. The van der Waals surface area contributed by atoms with Gasteiger partial charge in [-0.2, -0.15) is 5.10 Å². The van der Waals surface area contributed by atoms with E-state index in [1.165, 1.54) is 66.8 Å². The summed E-state index contributed by atoms with van der Waals surface area (Å²) in [6.07, 6.45) is 0. The van der Waals surface area contributed by atoms with Gasteiger partial charge in [0.25, 0.3) is 0 Å². The highest BCUT2D eigenvalue weighted by atomic mass is 15.2. The number of anilines is 3. The first-order chi connectivity index (χ1) is 35.5. The summed E-state index contributed by atoms with van der Waals surface area (Å²) in [7, 11) is 0. The van der Waals surface area contributed by atoms with Crippen LogP contribution in [0.15, 0.2) is 249 Å². The number of rotatable bonds is 6. The summed E-state index contributed by atoms with van der Waals surface area (Å²) in [6, 6.07) is 92.2. The standard InChI is InChI=1S/C69H47N3/c1-68(2)56-31-16-12-27-50(56)53-40-39-49(43-61(53)68)71(62-36-20-35-60-65(62)54-30-15-19-34-59(54)69(60)57-32-17-13-28-51(57)52-29-14-18-33-58(52)69)48-38-37-47-41-63(44-21-6-3-7-22-44)72-67(55(47)42-48)64(45-23-8-4-9-24-45)66(70-72)46-25-10-5-11-26-46/h3-43H,1-2H3. The molecule has 338 valence electrons. The van der Waals surface area contributed by atoms with Crippen molar-refractivity contribution in [1.29, 1.82) is 0 Å². The Hall–Kier alpha value is -9.05. The molecule has 0 aliphatic heterocycles. The van der Waals surface area contributed by atoms with Crippen LogP contribution in [-0.2, 0) is 10.8 Å². The van der Waals surface area contributed by atoms with Gasteiger partial charge in [-0.15, -0.1) is 0 Å². The molecule has 72 heavy (non-hydrogen) atoms. The Labute approximate surface area is 419 Å².